The van der Waals surface area contributed by atoms with Crippen LogP contribution in [-0.2, 0) is 13.0 Å². The molecule has 2 heterocycles. The third kappa shape index (κ3) is 6.16. The van der Waals surface area contributed by atoms with Crippen molar-refractivity contribution in [1.82, 2.24) is 14.8 Å². The second-order valence-corrected chi connectivity index (χ2v) is 19.2. The summed E-state index contributed by atoms with van der Waals surface area (Å²) in [5, 5.41) is 22.5. The van der Waals surface area contributed by atoms with Crippen LogP contribution in [-0.4, -0.2) is 14.8 Å². The first-order chi connectivity index (χ1) is 34.6. The maximum Gasteiger partial charge on any atom is 0.181 e. The van der Waals surface area contributed by atoms with Crippen molar-refractivity contribution < 1.29 is 4.42 Å². The second kappa shape index (κ2) is 15.3. The van der Waals surface area contributed by atoms with Crippen LogP contribution in [0.15, 0.2) is 223 Å². The lowest BCUT2D eigenvalue weighted by atomic mass is 9.81. The molecule has 0 saturated carbocycles. The Morgan fingerprint density at radius 1 is 0.443 bits per heavy atom. The number of rotatable bonds is 5. The minimum absolute atomic E-state index is 0.0643. The Morgan fingerprint density at radius 3 is 1.81 bits per heavy atom. The quantitative estimate of drug-likeness (QED) is 0.162. The first kappa shape index (κ1) is 39.2. The van der Waals surface area contributed by atoms with Crippen LogP contribution in [0.3, 0.4) is 0 Å². The van der Waals surface area contributed by atoms with Crippen LogP contribution in [0.2, 0.25) is 0 Å². The monoisotopic (exact) mass is 893 g/mol. The topological polar surface area (TPSA) is 43.9 Å². The van der Waals surface area contributed by atoms with Gasteiger partial charge in [-0.1, -0.05) is 182 Å². The number of aryl methyl sites for hydroxylation is 1. The molecule has 1 unspecified atom stereocenters. The van der Waals surface area contributed by atoms with Gasteiger partial charge in [-0.3, -0.25) is 0 Å². The molecule has 0 spiro atoms. The van der Waals surface area contributed by atoms with E-state index in [1.807, 2.05) is 0 Å². The lowest BCUT2D eigenvalue weighted by Crippen LogP contribution is -2.07. The van der Waals surface area contributed by atoms with Crippen LogP contribution < -0.4 is 0 Å². The second-order valence-electron chi connectivity index (χ2n) is 19.2. The van der Waals surface area contributed by atoms with Crippen molar-refractivity contribution in [3.05, 3.63) is 241 Å². The van der Waals surface area contributed by atoms with E-state index in [0.29, 0.717) is 12.4 Å². The van der Waals surface area contributed by atoms with E-state index >= 15 is 0 Å². The highest BCUT2D eigenvalue weighted by Crippen LogP contribution is 2.48. The SMILES string of the molecule is c1ccc2cc3c(cc2c1)CCC(c1cc(-c2nc(-c4ccc5c(ccc6ccccc65)c4)nn2Cc2ccc4c(ccc5ccccc54)c2)c2c(c1)oc1ccccc12)c1c-3ccc2ccccc12. The molecule has 0 saturated heterocycles. The molecule has 0 amide bonds. The fraction of sp³-hybridized carbons (Fsp3) is 0.0606. The van der Waals surface area contributed by atoms with E-state index in [1.165, 1.54) is 87.1 Å². The van der Waals surface area contributed by atoms with Crippen LogP contribution in [0.1, 0.15) is 34.6 Å². The minimum Gasteiger partial charge on any atom is -0.456 e. The van der Waals surface area contributed by atoms with E-state index < -0.39 is 0 Å². The molecular formula is C66H43N3O. The van der Waals surface area contributed by atoms with E-state index in [9.17, 15) is 0 Å². The molecule has 0 aliphatic heterocycles. The van der Waals surface area contributed by atoms with Crippen LogP contribution in [0, 0.1) is 0 Å². The number of hydrogen-bond donors (Lipinski definition) is 0. The van der Waals surface area contributed by atoms with E-state index in [-0.39, 0.29) is 5.92 Å². The van der Waals surface area contributed by atoms with Crippen molar-refractivity contribution in [3.63, 3.8) is 0 Å². The molecule has 2 aromatic heterocycles. The number of nitrogens with zero attached hydrogens (tertiary/aromatic N) is 3. The summed E-state index contributed by atoms with van der Waals surface area (Å²) >= 11 is 0. The first-order valence-electron chi connectivity index (χ1n) is 24.4. The molecule has 12 aromatic carbocycles. The molecule has 328 valence electrons. The molecule has 1 atom stereocenters. The molecule has 4 heteroatoms. The van der Waals surface area contributed by atoms with Gasteiger partial charge in [-0.15, -0.1) is 0 Å². The summed E-state index contributed by atoms with van der Waals surface area (Å²) in [4.78, 5) is 5.63. The van der Waals surface area contributed by atoms with Crippen LogP contribution >= 0.6 is 0 Å². The minimum atomic E-state index is 0.0643. The van der Waals surface area contributed by atoms with Crippen molar-refractivity contribution in [1.29, 1.82) is 0 Å². The summed E-state index contributed by atoms with van der Waals surface area (Å²) < 4.78 is 9.06. The largest absolute Gasteiger partial charge is 0.456 e. The smallest absolute Gasteiger partial charge is 0.181 e. The Balaban J connectivity index is 0.963. The zero-order chi connectivity index (χ0) is 45.9. The van der Waals surface area contributed by atoms with Gasteiger partial charge in [-0.25, -0.2) is 9.67 Å². The van der Waals surface area contributed by atoms with Gasteiger partial charge in [-0.05, 0) is 147 Å². The summed E-state index contributed by atoms with van der Waals surface area (Å²) in [6.45, 7) is 0.532. The fourth-order valence-electron chi connectivity index (χ4n) is 11.9. The predicted molar refractivity (Wildman–Crippen MR) is 291 cm³/mol. The number of aromatic nitrogens is 3. The molecule has 1 aliphatic rings. The van der Waals surface area contributed by atoms with Gasteiger partial charge in [0.05, 0.1) is 6.54 Å². The molecule has 0 radical (unpaired) electrons. The Morgan fingerprint density at radius 2 is 1.04 bits per heavy atom. The highest BCUT2D eigenvalue weighted by Gasteiger charge is 2.29. The normalized spacial score (nSPS) is 13.8. The van der Waals surface area contributed by atoms with Gasteiger partial charge in [0.1, 0.15) is 11.2 Å². The Kier molecular flexibility index (Phi) is 8.58. The van der Waals surface area contributed by atoms with Gasteiger partial charge in [0.25, 0.3) is 0 Å². The average Bonchev–Trinajstić information content (AvgIpc) is 3.97. The zero-order valence-corrected chi connectivity index (χ0v) is 38.2. The van der Waals surface area contributed by atoms with E-state index in [0.717, 1.165) is 62.7 Å². The summed E-state index contributed by atoms with van der Waals surface area (Å²) in [6.07, 6.45) is 1.88. The molecule has 14 aromatic rings. The lowest BCUT2D eigenvalue weighted by molar-refractivity contribution is 0.665. The van der Waals surface area contributed by atoms with Crippen molar-refractivity contribution in [2.75, 3.05) is 0 Å². The third-order valence-corrected chi connectivity index (χ3v) is 15.2. The van der Waals surface area contributed by atoms with Crippen molar-refractivity contribution in [3.8, 4) is 33.9 Å². The number of para-hydroxylation sites is 1. The lowest BCUT2D eigenvalue weighted by Gasteiger charge is -2.22. The number of furan rings is 1. The molecule has 0 N–H and O–H groups in total. The highest BCUT2D eigenvalue weighted by molar-refractivity contribution is 6.13. The fourth-order valence-corrected chi connectivity index (χ4v) is 11.9. The van der Waals surface area contributed by atoms with Gasteiger partial charge < -0.3 is 4.42 Å². The summed E-state index contributed by atoms with van der Waals surface area (Å²) in [5.41, 5.74) is 11.4. The van der Waals surface area contributed by atoms with Crippen LogP contribution in [0.5, 0.6) is 0 Å². The Hall–Kier alpha value is -8.86. The van der Waals surface area contributed by atoms with Crippen molar-refractivity contribution in [2.45, 2.75) is 25.3 Å². The van der Waals surface area contributed by atoms with Gasteiger partial charge in [0.2, 0.25) is 0 Å². The molecule has 0 bridgehead atoms. The maximum absolute atomic E-state index is 6.93. The highest BCUT2D eigenvalue weighted by atomic mass is 16.3. The van der Waals surface area contributed by atoms with Crippen LogP contribution in [0.4, 0.5) is 0 Å². The molecule has 0 fully saturated rings. The van der Waals surface area contributed by atoms with Gasteiger partial charge in [0.15, 0.2) is 11.6 Å². The third-order valence-electron chi connectivity index (χ3n) is 15.2. The number of benzene rings is 12. The van der Waals surface area contributed by atoms with Crippen LogP contribution in [0.25, 0.3) is 120 Å². The first-order valence-corrected chi connectivity index (χ1v) is 24.4. The number of hydrogen-bond acceptors (Lipinski definition) is 3. The average molecular weight is 894 g/mol. The molecule has 4 nitrogen and oxygen atoms in total. The van der Waals surface area contributed by atoms with Gasteiger partial charge >= 0.3 is 0 Å². The van der Waals surface area contributed by atoms with Gasteiger partial charge in [-0.2, -0.15) is 5.10 Å². The van der Waals surface area contributed by atoms with E-state index in [4.69, 9.17) is 14.5 Å². The summed E-state index contributed by atoms with van der Waals surface area (Å²) in [5.74, 6) is 1.57. The standard InChI is InChI=1S/C66H43N3O/c1-2-15-45-36-59-48(34-44(45)14-1)27-31-56(63-55-18-8-5-13-43(55)26-32-57(59)63)50-37-60(64-58-19-9-10-20-61(58)70-62(64)38-50)66-67-65(49-28-30-54-47(35-49)25-23-42-12-4-7-17-52(42)54)68-69(66)39-40-21-29-53-46(33-40)24-22-41-11-3-6-16-51(41)53/h1-26,28-30,32-38,56H,27,31,39H2. The predicted octanol–water partition coefficient (Wildman–Crippen LogP) is 17.2. The summed E-state index contributed by atoms with van der Waals surface area (Å²) in [6, 6.07) is 80.1. The molecule has 70 heavy (non-hydrogen) atoms. The number of fused-ring (bicyclic) bond motifs is 15. The zero-order valence-electron chi connectivity index (χ0n) is 38.2. The molecular weight excluding hydrogens is 851 g/mol. The van der Waals surface area contributed by atoms with Crippen molar-refractivity contribution >= 4 is 86.6 Å². The van der Waals surface area contributed by atoms with Crippen molar-refractivity contribution in [2.24, 2.45) is 0 Å². The molecule has 1 aliphatic carbocycles. The van der Waals surface area contributed by atoms with Gasteiger partial charge in [0, 0.05) is 27.8 Å². The Labute approximate surface area is 403 Å². The maximum atomic E-state index is 6.93. The molecule has 15 rings (SSSR count). The summed E-state index contributed by atoms with van der Waals surface area (Å²) in [7, 11) is 0. The Bertz CT molecular complexity index is 4480. The van der Waals surface area contributed by atoms with E-state index in [2.05, 4.69) is 223 Å². The van der Waals surface area contributed by atoms with E-state index in [1.54, 1.807) is 0 Å².